The molecule has 0 aromatic heterocycles. The van der Waals surface area contributed by atoms with Crippen LogP contribution >= 0.6 is 0 Å². The maximum absolute atomic E-state index is 12.1. The van der Waals surface area contributed by atoms with Gasteiger partial charge in [0.25, 0.3) is 0 Å². The zero-order valence-corrected chi connectivity index (χ0v) is 15.6. The number of nitrogens with one attached hydrogen (secondary N) is 2. The van der Waals surface area contributed by atoms with E-state index in [0.29, 0.717) is 12.5 Å². The second kappa shape index (κ2) is 9.11. The molecule has 4 heteroatoms. The standard InChI is InChI=1S/C21H28N2O2/c1-15(2)19-7-5-6-16(3)21(19)23-14-20(24)22-13-12-17-8-10-18(25-4)11-9-17/h5-11,15,23H,12-14H2,1-4H3,(H,22,24). The van der Waals surface area contributed by atoms with Crippen molar-refractivity contribution in [3.8, 4) is 5.75 Å². The second-order valence-electron chi connectivity index (χ2n) is 6.50. The van der Waals surface area contributed by atoms with Crippen molar-refractivity contribution in [2.24, 2.45) is 0 Å². The summed E-state index contributed by atoms with van der Waals surface area (Å²) >= 11 is 0. The van der Waals surface area contributed by atoms with E-state index in [9.17, 15) is 4.79 Å². The molecule has 0 aliphatic rings. The Kier molecular flexibility index (Phi) is 6.87. The van der Waals surface area contributed by atoms with Crippen LogP contribution in [0.1, 0.15) is 36.5 Å². The summed E-state index contributed by atoms with van der Waals surface area (Å²) in [6.07, 6.45) is 0.803. The van der Waals surface area contributed by atoms with Crippen molar-refractivity contribution in [3.63, 3.8) is 0 Å². The van der Waals surface area contributed by atoms with E-state index in [0.717, 1.165) is 23.4 Å². The Bertz CT molecular complexity index is 694. The molecule has 0 radical (unpaired) electrons. The Morgan fingerprint density at radius 2 is 1.84 bits per heavy atom. The van der Waals surface area contributed by atoms with Crippen LogP contribution in [0.15, 0.2) is 42.5 Å². The highest BCUT2D eigenvalue weighted by molar-refractivity contribution is 5.81. The van der Waals surface area contributed by atoms with Crippen molar-refractivity contribution in [2.45, 2.75) is 33.1 Å². The van der Waals surface area contributed by atoms with E-state index in [2.05, 4.69) is 49.6 Å². The minimum atomic E-state index is 0.00599. The summed E-state index contributed by atoms with van der Waals surface area (Å²) in [4.78, 5) is 12.1. The fraction of sp³-hybridized carbons (Fsp3) is 0.381. The SMILES string of the molecule is COc1ccc(CCNC(=O)CNc2c(C)cccc2C(C)C)cc1. The van der Waals surface area contributed by atoms with Gasteiger partial charge in [0.15, 0.2) is 0 Å². The molecule has 0 aliphatic heterocycles. The Morgan fingerprint density at radius 3 is 2.48 bits per heavy atom. The maximum atomic E-state index is 12.1. The molecule has 0 spiro atoms. The van der Waals surface area contributed by atoms with Crippen molar-refractivity contribution in [1.82, 2.24) is 5.32 Å². The molecule has 0 fully saturated rings. The van der Waals surface area contributed by atoms with E-state index in [4.69, 9.17) is 4.74 Å². The van der Waals surface area contributed by atoms with E-state index in [1.54, 1.807) is 7.11 Å². The summed E-state index contributed by atoms with van der Waals surface area (Å²) in [6.45, 7) is 7.30. The van der Waals surface area contributed by atoms with E-state index in [1.807, 2.05) is 24.3 Å². The van der Waals surface area contributed by atoms with E-state index in [1.165, 1.54) is 11.1 Å². The molecule has 134 valence electrons. The summed E-state index contributed by atoms with van der Waals surface area (Å²) in [5.41, 5.74) is 4.65. The summed E-state index contributed by atoms with van der Waals surface area (Å²) in [5.74, 6) is 1.27. The summed E-state index contributed by atoms with van der Waals surface area (Å²) in [7, 11) is 1.65. The van der Waals surface area contributed by atoms with Crippen molar-refractivity contribution >= 4 is 11.6 Å². The van der Waals surface area contributed by atoms with Gasteiger partial charge in [-0.15, -0.1) is 0 Å². The van der Waals surface area contributed by atoms with Gasteiger partial charge in [0.05, 0.1) is 13.7 Å². The zero-order chi connectivity index (χ0) is 18.2. The Morgan fingerprint density at radius 1 is 1.12 bits per heavy atom. The first kappa shape index (κ1) is 18.8. The highest BCUT2D eigenvalue weighted by atomic mass is 16.5. The number of methoxy groups -OCH3 is 1. The number of carbonyl (C=O) groups is 1. The van der Waals surface area contributed by atoms with Crippen LogP contribution in [0, 0.1) is 6.92 Å². The van der Waals surface area contributed by atoms with Crippen molar-refractivity contribution in [3.05, 3.63) is 59.2 Å². The zero-order valence-electron chi connectivity index (χ0n) is 15.6. The van der Waals surface area contributed by atoms with Gasteiger partial charge < -0.3 is 15.4 Å². The molecular formula is C21H28N2O2. The summed E-state index contributed by atoms with van der Waals surface area (Å²) in [5, 5.41) is 6.26. The third-order valence-electron chi connectivity index (χ3n) is 4.25. The minimum Gasteiger partial charge on any atom is -0.497 e. The second-order valence-corrected chi connectivity index (χ2v) is 6.50. The Balaban J connectivity index is 1.81. The van der Waals surface area contributed by atoms with Crippen LogP contribution in [0.2, 0.25) is 0 Å². The molecule has 2 rings (SSSR count). The number of anilines is 1. The van der Waals surface area contributed by atoms with Gasteiger partial charge >= 0.3 is 0 Å². The number of amides is 1. The summed E-state index contributed by atoms with van der Waals surface area (Å²) < 4.78 is 5.14. The molecule has 0 atom stereocenters. The van der Waals surface area contributed by atoms with E-state index >= 15 is 0 Å². The predicted octanol–water partition coefficient (Wildman–Crippen LogP) is 3.90. The maximum Gasteiger partial charge on any atom is 0.239 e. The largest absolute Gasteiger partial charge is 0.497 e. The fourth-order valence-electron chi connectivity index (χ4n) is 2.78. The van der Waals surface area contributed by atoms with Gasteiger partial charge in [0.1, 0.15) is 5.75 Å². The predicted molar refractivity (Wildman–Crippen MR) is 103 cm³/mol. The summed E-state index contributed by atoms with van der Waals surface area (Å²) in [6, 6.07) is 14.1. The molecule has 0 aliphatic carbocycles. The van der Waals surface area contributed by atoms with Gasteiger partial charge in [-0.2, -0.15) is 0 Å². The lowest BCUT2D eigenvalue weighted by Gasteiger charge is -2.17. The van der Waals surface area contributed by atoms with Crippen LogP contribution in [-0.2, 0) is 11.2 Å². The van der Waals surface area contributed by atoms with Crippen LogP contribution in [0.4, 0.5) is 5.69 Å². The first-order valence-electron chi connectivity index (χ1n) is 8.74. The molecule has 1 amide bonds. The number of ether oxygens (including phenoxy) is 1. The van der Waals surface area contributed by atoms with Gasteiger partial charge in [-0.25, -0.2) is 0 Å². The lowest BCUT2D eigenvalue weighted by atomic mass is 9.98. The number of aryl methyl sites for hydroxylation is 1. The molecular weight excluding hydrogens is 312 g/mol. The number of hydrogen-bond donors (Lipinski definition) is 2. The van der Waals surface area contributed by atoms with Crippen molar-refractivity contribution < 1.29 is 9.53 Å². The first-order valence-corrected chi connectivity index (χ1v) is 8.74. The number of rotatable bonds is 8. The van der Waals surface area contributed by atoms with Crippen LogP contribution < -0.4 is 15.4 Å². The molecule has 25 heavy (non-hydrogen) atoms. The third kappa shape index (κ3) is 5.52. The molecule has 0 saturated heterocycles. The lowest BCUT2D eigenvalue weighted by molar-refractivity contribution is -0.119. The number of carbonyl (C=O) groups excluding carboxylic acids is 1. The van der Waals surface area contributed by atoms with Gasteiger partial charge in [-0.3, -0.25) is 4.79 Å². The molecule has 2 aromatic rings. The number of hydrogen-bond acceptors (Lipinski definition) is 3. The molecule has 4 nitrogen and oxygen atoms in total. The fourth-order valence-corrected chi connectivity index (χ4v) is 2.78. The minimum absolute atomic E-state index is 0.00599. The topological polar surface area (TPSA) is 50.4 Å². The van der Waals surface area contributed by atoms with Gasteiger partial charge in [-0.05, 0) is 48.1 Å². The Labute approximate surface area is 150 Å². The molecule has 0 heterocycles. The van der Waals surface area contributed by atoms with Gasteiger partial charge in [0.2, 0.25) is 5.91 Å². The normalized spacial score (nSPS) is 10.6. The highest BCUT2D eigenvalue weighted by Gasteiger charge is 2.10. The van der Waals surface area contributed by atoms with Crippen LogP contribution in [-0.4, -0.2) is 26.1 Å². The third-order valence-corrected chi connectivity index (χ3v) is 4.25. The molecule has 2 N–H and O–H groups in total. The first-order chi connectivity index (χ1) is 12.0. The van der Waals surface area contributed by atoms with Crippen LogP contribution in [0.5, 0.6) is 5.75 Å². The molecule has 0 unspecified atom stereocenters. The van der Waals surface area contributed by atoms with Crippen LogP contribution in [0.25, 0.3) is 0 Å². The Hall–Kier alpha value is -2.49. The van der Waals surface area contributed by atoms with Crippen molar-refractivity contribution in [1.29, 1.82) is 0 Å². The molecule has 2 aromatic carbocycles. The van der Waals surface area contributed by atoms with E-state index in [-0.39, 0.29) is 12.5 Å². The van der Waals surface area contributed by atoms with Crippen LogP contribution in [0.3, 0.4) is 0 Å². The lowest BCUT2D eigenvalue weighted by Crippen LogP contribution is -2.31. The average molecular weight is 340 g/mol. The van der Waals surface area contributed by atoms with Gasteiger partial charge in [0, 0.05) is 12.2 Å². The molecule has 0 saturated carbocycles. The monoisotopic (exact) mass is 340 g/mol. The number of para-hydroxylation sites is 1. The average Bonchev–Trinajstić information content (AvgIpc) is 2.61. The van der Waals surface area contributed by atoms with Gasteiger partial charge in [-0.1, -0.05) is 44.2 Å². The molecule has 0 bridgehead atoms. The number of benzene rings is 2. The van der Waals surface area contributed by atoms with Crippen molar-refractivity contribution in [2.75, 3.05) is 25.5 Å². The smallest absolute Gasteiger partial charge is 0.239 e. The highest BCUT2D eigenvalue weighted by Crippen LogP contribution is 2.27. The quantitative estimate of drug-likeness (QED) is 0.766. The van der Waals surface area contributed by atoms with E-state index < -0.39 is 0 Å².